The number of amides is 1. The van der Waals surface area contributed by atoms with E-state index in [1.165, 1.54) is 0 Å². The molecule has 0 saturated heterocycles. The molecule has 0 aromatic heterocycles. The van der Waals surface area contributed by atoms with E-state index >= 15 is 0 Å². The van der Waals surface area contributed by atoms with Crippen molar-refractivity contribution in [1.29, 1.82) is 0 Å². The molecule has 1 amide bonds. The first-order valence-electron chi connectivity index (χ1n) is 12.8. The van der Waals surface area contributed by atoms with Gasteiger partial charge in [0.2, 0.25) is 5.91 Å². The Kier molecular flexibility index (Phi) is 8.61. The first kappa shape index (κ1) is 29.5. The highest BCUT2D eigenvalue weighted by molar-refractivity contribution is 8.70. The molecule has 4 saturated carbocycles. The van der Waals surface area contributed by atoms with Crippen molar-refractivity contribution < 1.29 is 40.2 Å². The fraction of sp³-hybridized carbons (Fsp3) is 0.913. The van der Waals surface area contributed by atoms with Gasteiger partial charge >= 0.3 is 15.1 Å². The van der Waals surface area contributed by atoms with Crippen LogP contribution in [0.2, 0.25) is 0 Å². The number of carbonyl (C=O) groups excluding carboxylic acids is 2. The van der Waals surface area contributed by atoms with E-state index in [1.807, 2.05) is 0 Å². The Hall–Kier alpha value is -0.510. The molecule has 9 unspecified atom stereocenters. The average Bonchev–Trinajstić information content (AvgIpc) is 3.12. The van der Waals surface area contributed by atoms with Crippen molar-refractivity contribution in [3.05, 3.63) is 0 Å². The Labute approximate surface area is 227 Å². The molecule has 4 aliphatic carbocycles. The van der Waals surface area contributed by atoms with E-state index in [4.69, 9.17) is 13.8 Å². The normalized spacial score (nSPS) is 41.0. The summed E-state index contributed by atoms with van der Waals surface area (Å²) in [5.74, 6) is 0.700. The fourth-order valence-corrected chi connectivity index (χ4v) is 9.77. The molecule has 0 aromatic rings. The van der Waals surface area contributed by atoms with Crippen LogP contribution in [0.25, 0.3) is 0 Å². The summed E-state index contributed by atoms with van der Waals surface area (Å²) < 4.78 is 61.1. The van der Waals surface area contributed by atoms with Crippen molar-refractivity contribution in [1.82, 2.24) is 5.32 Å². The summed E-state index contributed by atoms with van der Waals surface area (Å²) in [6.45, 7) is 4.02. The van der Waals surface area contributed by atoms with Crippen molar-refractivity contribution in [2.75, 3.05) is 12.4 Å². The van der Waals surface area contributed by atoms with E-state index in [-0.39, 0.29) is 45.4 Å². The van der Waals surface area contributed by atoms with Crippen LogP contribution < -0.4 is 5.32 Å². The van der Waals surface area contributed by atoms with Crippen LogP contribution in [-0.2, 0) is 47.9 Å². The molecule has 212 valence electrons. The van der Waals surface area contributed by atoms with Gasteiger partial charge in [0.05, 0.1) is 5.75 Å². The SMILES string of the molecule is CC12CCC(OC(=O)COS(=O)(O)=S)CC1CCC1C2CCC2(C)C(NC(=O)CSS(=O)(=O)O)CCC12. The third-order valence-electron chi connectivity index (χ3n) is 9.92. The van der Waals surface area contributed by atoms with Crippen molar-refractivity contribution in [2.45, 2.75) is 83.8 Å². The van der Waals surface area contributed by atoms with Crippen molar-refractivity contribution in [3.63, 3.8) is 0 Å². The zero-order valence-electron chi connectivity index (χ0n) is 21.1. The Balaban J connectivity index is 1.36. The van der Waals surface area contributed by atoms with Crippen LogP contribution in [0.15, 0.2) is 0 Å². The van der Waals surface area contributed by atoms with E-state index in [9.17, 15) is 22.2 Å². The Bertz CT molecular complexity index is 1110. The molecule has 37 heavy (non-hydrogen) atoms. The summed E-state index contributed by atoms with van der Waals surface area (Å²) in [5, 5.41) is 3.06. The number of ether oxygens (including phenoxy) is 1. The monoisotopic (exact) mass is 599 g/mol. The van der Waals surface area contributed by atoms with Crippen LogP contribution in [0.5, 0.6) is 0 Å². The van der Waals surface area contributed by atoms with Crippen LogP contribution in [0.1, 0.15) is 71.6 Å². The van der Waals surface area contributed by atoms with Gasteiger partial charge < -0.3 is 10.1 Å². The van der Waals surface area contributed by atoms with Gasteiger partial charge in [-0.2, -0.15) is 12.6 Å². The van der Waals surface area contributed by atoms with Gasteiger partial charge in [-0.15, -0.1) is 0 Å². The molecule has 0 spiro atoms. The summed E-state index contributed by atoms with van der Waals surface area (Å²) in [6.07, 6.45) is 8.36. The summed E-state index contributed by atoms with van der Waals surface area (Å²) in [4.78, 5) is 24.5. The molecule has 0 bridgehead atoms. The number of esters is 1. The first-order chi connectivity index (χ1) is 17.1. The first-order valence-corrected chi connectivity index (χ1v) is 18.1. The molecule has 9 atom stereocenters. The molecule has 0 radical (unpaired) electrons. The maximum atomic E-state index is 12.4. The standard InChI is InChI=1S/C23H37NO9S4/c1-22-9-7-15(33-21(26)12-32-37(30,31)34)11-14(22)3-4-16-17-5-6-19(23(17,2)10-8-18(16)22)24-20(25)13-35-36(27,28)29/h14-19H,3-13H2,1-2H3,(H,24,25)(H,27,28,29)(H,30,31,34). The van der Waals surface area contributed by atoms with Crippen LogP contribution in [0.3, 0.4) is 0 Å². The van der Waals surface area contributed by atoms with E-state index < -0.39 is 30.8 Å². The van der Waals surface area contributed by atoms with Crippen LogP contribution in [-0.4, -0.2) is 58.1 Å². The minimum Gasteiger partial charge on any atom is -0.461 e. The summed E-state index contributed by atoms with van der Waals surface area (Å²) in [6, 6.07) is -0.000390. The van der Waals surface area contributed by atoms with Gasteiger partial charge in [0.1, 0.15) is 6.10 Å². The van der Waals surface area contributed by atoms with Gasteiger partial charge in [0.15, 0.2) is 6.61 Å². The summed E-state index contributed by atoms with van der Waals surface area (Å²) in [5.41, 5.74) is 0.114. The minimum atomic E-state index is -4.25. The largest absolute Gasteiger partial charge is 0.461 e. The predicted molar refractivity (Wildman–Crippen MR) is 142 cm³/mol. The number of nitrogens with one attached hydrogen (secondary N) is 1. The topological polar surface area (TPSA) is 156 Å². The molecule has 4 aliphatic rings. The van der Waals surface area contributed by atoms with Crippen LogP contribution in [0.4, 0.5) is 0 Å². The highest BCUT2D eigenvalue weighted by Crippen LogP contribution is 2.66. The number of hydrogen-bond donors (Lipinski definition) is 3. The summed E-state index contributed by atoms with van der Waals surface area (Å²) in [7, 11) is -7.87. The molecule has 0 aliphatic heterocycles. The number of rotatable bonds is 8. The highest BCUT2D eigenvalue weighted by Gasteiger charge is 2.60. The van der Waals surface area contributed by atoms with E-state index in [0.29, 0.717) is 23.7 Å². The molecule has 0 aromatic carbocycles. The minimum absolute atomic E-state index is 0.000390. The molecule has 0 heterocycles. The Morgan fingerprint density at radius 2 is 1.68 bits per heavy atom. The predicted octanol–water partition coefficient (Wildman–Crippen LogP) is 3.11. The number of fused-ring (bicyclic) bond motifs is 5. The Morgan fingerprint density at radius 3 is 2.35 bits per heavy atom. The molecule has 14 heteroatoms. The van der Waals surface area contributed by atoms with Gasteiger partial charge in [-0.25, -0.2) is 4.79 Å². The smallest absolute Gasteiger partial charge is 0.333 e. The zero-order chi connectivity index (χ0) is 27.2. The second-order valence-electron chi connectivity index (χ2n) is 11.7. The zero-order valence-corrected chi connectivity index (χ0v) is 24.4. The maximum Gasteiger partial charge on any atom is 0.333 e. The fourth-order valence-electron chi connectivity index (χ4n) is 8.27. The van der Waals surface area contributed by atoms with E-state index in [2.05, 4.69) is 34.5 Å². The number of carbonyl (C=O) groups is 2. The van der Waals surface area contributed by atoms with Crippen molar-refractivity contribution in [2.24, 2.45) is 34.5 Å². The lowest BCUT2D eigenvalue weighted by Gasteiger charge is -2.61. The van der Waals surface area contributed by atoms with E-state index in [0.717, 1.165) is 57.8 Å². The molecule has 4 fully saturated rings. The lowest BCUT2D eigenvalue weighted by Crippen LogP contribution is -2.56. The highest BCUT2D eigenvalue weighted by atomic mass is 33.1. The number of hydrogen-bond acceptors (Lipinski definition) is 9. The lowest BCUT2D eigenvalue weighted by atomic mass is 9.45. The quantitative estimate of drug-likeness (QED) is 0.214. The second kappa shape index (κ2) is 10.8. The van der Waals surface area contributed by atoms with Crippen LogP contribution >= 0.6 is 10.8 Å². The second-order valence-corrected chi connectivity index (χ2v) is 17.4. The third kappa shape index (κ3) is 6.63. The average molecular weight is 600 g/mol. The Morgan fingerprint density at radius 1 is 1.00 bits per heavy atom. The van der Waals surface area contributed by atoms with Crippen molar-refractivity contribution >= 4 is 52.1 Å². The molecule has 3 N–H and O–H groups in total. The van der Waals surface area contributed by atoms with Gasteiger partial charge in [-0.05, 0) is 92.3 Å². The molecular formula is C23H37NO9S4. The lowest BCUT2D eigenvalue weighted by molar-refractivity contribution is -0.163. The summed E-state index contributed by atoms with van der Waals surface area (Å²) >= 11 is 4.25. The molecule has 10 nitrogen and oxygen atoms in total. The maximum absolute atomic E-state index is 12.4. The van der Waals surface area contributed by atoms with E-state index in [1.54, 1.807) is 0 Å². The third-order valence-corrected chi connectivity index (χ3v) is 12.5. The molecular weight excluding hydrogens is 563 g/mol. The molecule has 4 rings (SSSR count). The van der Waals surface area contributed by atoms with Gasteiger partial charge in [0.25, 0.3) is 9.05 Å². The van der Waals surface area contributed by atoms with Gasteiger partial charge in [-0.3, -0.25) is 18.1 Å². The van der Waals surface area contributed by atoms with Gasteiger partial charge in [0, 0.05) is 28.0 Å². The van der Waals surface area contributed by atoms with Crippen LogP contribution in [0, 0.1) is 34.5 Å². The van der Waals surface area contributed by atoms with Gasteiger partial charge in [-0.1, -0.05) is 13.8 Å². The van der Waals surface area contributed by atoms with Crippen molar-refractivity contribution in [3.8, 4) is 0 Å².